The topological polar surface area (TPSA) is 63.3 Å². The first-order valence-corrected chi connectivity index (χ1v) is 4.87. The predicted octanol–water partition coefficient (Wildman–Crippen LogP) is 1.53. The third-order valence-corrected chi connectivity index (χ3v) is 2.54. The van der Waals surface area contributed by atoms with Gasteiger partial charge in [0, 0.05) is 5.92 Å². The van der Waals surface area contributed by atoms with Gasteiger partial charge in [0.25, 0.3) is 0 Å². The lowest BCUT2D eigenvalue weighted by Crippen LogP contribution is -2.37. The van der Waals surface area contributed by atoms with Crippen LogP contribution in [0.1, 0.15) is 32.1 Å². The fourth-order valence-corrected chi connectivity index (χ4v) is 1.67. The Morgan fingerprint density at radius 3 is 2.92 bits per heavy atom. The van der Waals surface area contributed by atoms with Gasteiger partial charge in [-0.3, -0.25) is 4.79 Å². The number of nitrogens with two attached hydrogens (primary N) is 1. The van der Waals surface area contributed by atoms with Crippen LogP contribution in [0.2, 0.25) is 0 Å². The van der Waals surface area contributed by atoms with Crippen LogP contribution in [0.25, 0.3) is 0 Å². The van der Waals surface area contributed by atoms with Gasteiger partial charge in [0.15, 0.2) is 0 Å². The van der Waals surface area contributed by atoms with Crippen LogP contribution >= 0.6 is 0 Å². The summed E-state index contributed by atoms with van der Waals surface area (Å²) in [6.07, 6.45) is 9.49. The van der Waals surface area contributed by atoms with E-state index in [-0.39, 0.29) is 5.92 Å². The van der Waals surface area contributed by atoms with Crippen molar-refractivity contribution in [3.05, 3.63) is 12.2 Å². The highest BCUT2D eigenvalue weighted by Gasteiger charge is 2.21. The second-order valence-corrected chi connectivity index (χ2v) is 3.59. The van der Waals surface area contributed by atoms with Crippen molar-refractivity contribution < 1.29 is 9.90 Å². The Morgan fingerprint density at radius 2 is 2.23 bits per heavy atom. The molecule has 0 spiro atoms. The summed E-state index contributed by atoms with van der Waals surface area (Å²) in [7, 11) is 0. The van der Waals surface area contributed by atoms with Crippen LogP contribution in [0.15, 0.2) is 12.2 Å². The van der Waals surface area contributed by atoms with Gasteiger partial charge in [-0.25, -0.2) is 0 Å². The number of hydrogen-bond donors (Lipinski definition) is 2. The Balaban J connectivity index is 2.54. The van der Waals surface area contributed by atoms with Crippen LogP contribution in [0, 0.1) is 5.92 Å². The molecule has 3 nitrogen and oxygen atoms in total. The molecule has 1 rings (SSSR count). The Bertz CT molecular complexity index is 201. The van der Waals surface area contributed by atoms with Crippen molar-refractivity contribution in [3.8, 4) is 0 Å². The first-order valence-electron chi connectivity index (χ1n) is 4.87. The van der Waals surface area contributed by atoms with Gasteiger partial charge in [0.2, 0.25) is 0 Å². The average molecular weight is 183 g/mol. The van der Waals surface area contributed by atoms with Gasteiger partial charge >= 0.3 is 5.97 Å². The predicted molar refractivity (Wildman–Crippen MR) is 51.3 cm³/mol. The molecular weight excluding hydrogens is 166 g/mol. The molecule has 13 heavy (non-hydrogen) atoms. The highest BCUT2D eigenvalue weighted by molar-refractivity contribution is 5.73. The summed E-state index contributed by atoms with van der Waals surface area (Å²) in [5, 5.41) is 8.74. The lowest BCUT2D eigenvalue weighted by molar-refractivity contribution is -0.139. The molecule has 0 heterocycles. The zero-order chi connectivity index (χ0) is 9.68. The molecule has 3 N–H and O–H groups in total. The normalized spacial score (nSPS) is 28.5. The van der Waals surface area contributed by atoms with E-state index in [4.69, 9.17) is 10.8 Å². The number of rotatable bonds is 2. The van der Waals surface area contributed by atoms with Crippen LogP contribution in [0.3, 0.4) is 0 Å². The van der Waals surface area contributed by atoms with E-state index in [1.807, 2.05) is 6.08 Å². The molecule has 0 saturated carbocycles. The molecule has 0 aromatic rings. The van der Waals surface area contributed by atoms with Crippen molar-refractivity contribution in [1.82, 2.24) is 0 Å². The van der Waals surface area contributed by atoms with E-state index in [9.17, 15) is 4.79 Å². The third-order valence-electron chi connectivity index (χ3n) is 2.54. The molecule has 3 heteroatoms. The summed E-state index contributed by atoms with van der Waals surface area (Å²) in [6, 6.07) is -0.727. The minimum absolute atomic E-state index is 0.0257. The van der Waals surface area contributed by atoms with Gasteiger partial charge in [-0.15, -0.1) is 0 Å². The molecule has 0 aromatic heterocycles. The second-order valence-electron chi connectivity index (χ2n) is 3.59. The average Bonchev–Trinajstić information content (AvgIpc) is 2.02. The molecule has 0 bridgehead atoms. The number of aliphatic carboxylic acids is 1. The molecule has 0 saturated heterocycles. The SMILES string of the molecule is N[C@H](C(=O)O)C1/C=C\CCCCC1. The van der Waals surface area contributed by atoms with Gasteiger partial charge in [-0.05, 0) is 19.3 Å². The Morgan fingerprint density at radius 1 is 1.46 bits per heavy atom. The van der Waals surface area contributed by atoms with Gasteiger partial charge in [0.05, 0.1) is 0 Å². The largest absolute Gasteiger partial charge is 0.480 e. The van der Waals surface area contributed by atoms with Gasteiger partial charge in [0.1, 0.15) is 6.04 Å². The molecular formula is C10H17NO2. The molecule has 74 valence electrons. The van der Waals surface area contributed by atoms with Crippen LogP contribution in [0.5, 0.6) is 0 Å². The lowest BCUT2D eigenvalue weighted by atomic mass is 9.91. The second kappa shape index (κ2) is 5.02. The van der Waals surface area contributed by atoms with E-state index in [0.717, 1.165) is 19.3 Å². The molecule has 2 atom stereocenters. The summed E-state index contributed by atoms with van der Waals surface area (Å²) >= 11 is 0. The van der Waals surface area contributed by atoms with Crippen molar-refractivity contribution in [2.24, 2.45) is 11.7 Å². The third kappa shape index (κ3) is 3.19. The zero-order valence-electron chi connectivity index (χ0n) is 7.78. The monoisotopic (exact) mass is 183 g/mol. The van der Waals surface area contributed by atoms with Crippen LogP contribution in [0.4, 0.5) is 0 Å². The fourth-order valence-electron chi connectivity index (χ4n) is 1.67. The van der Waals surface area contributed by atoms with E-state index in [1.54, 1.807) is 0 Å². The Labute approximate surface area is 78.6 Å². The summed E-state index contributed by atoms with van der Waals surface area (Å²) in [4.78, 5) is 10.6. The summed E-state index contributed by atoms with van der Waals surface area (Å²) in [5.41, 5.74) is 5.56. The van der Waals surface area contributed by atoms with Crippen molar-refractivity contribution in [1.29, 1.82) is 0 Å². The van der Waals surface area contributed by atoms with E-state index in [0.29, 0.717) is 0 Å². The maximum Gasteiger partial charge on any atom is 0.321 e. The molecule has 1 aliphatic carbocycles. The standard InChI is InChI=1S/C10H17NO2/c11-9(10(12)13)8-6-4-2-1-3-5-7-8/h4,6,8-9H,1-3,5,7,11H2,(H,12,13)/b6-4-/t8?,9-/m0/s1. The van der Waals surface area contributed by atoms with Gasteiger partial charge in [-0.1, -0.05) is 25.0 Å². The summed E-state index contributed by atoms with van der Waals surface area (Å²) in [6.45, 7) is 0. The van der Waals surface area contributed by atoms with E-state index >= 15 is 0 Å². The molecule has 1 aliphatic rings. The van der Waals surface area contributed by atoms with E-state index < -0.39 is 12.0 Å². The Kier molecular flexibility index (Phi) is 3.96. The van der Waals surface area contributed by atoms with Crippen molar-refractivity contribution in [2.75, 3.05) is 0 Å². The zero-order valence-corrected chi connectivity index (χ0v) is 7.78. The highest BCUT2D eigenvalue weighted by atomic mass is 16.4. The van der Waals surface area contributed by atoms with Crippen LogP contribution < -0.4 is 5.73 Å². The van der Waals surface area contributed by atoms with Gasteiger partial charge < -0.3 is 10.8 Å². The molecule has 0 aliphatic heterocycles. The van der Waals surface area contributed by atoms with Crippen molar-refractivity contribution in [2.45, 2.75) is 38.1 Å². The number of allylic oxidation sites excluding steroid dienone is 1. The van der Waals surface area contributed by atoms with E-state index in [1.165, 1.54) is 12.8 Å². The van der Waals surface area contributed by atoms with Crippen LogP contribution in [-0.2, 0) is 4.79 Å². The maximum absolute atomic E-state index is 10.6. The fraction of sp³-hybridized carbons (Fsp3) is 0.700. The number of carbonyl (C=O) groups is 1. The quantitative estimate of drug-likeness (QED) is 0.638. The number of carboxylic acid groups (broad SMARTS) is 1. The minimum atomic E-state index is -0.893. The maximum atomic E-state index is 10.6. The summed E-state index contributed by atoms with van der Waals surface area (Å²) < 4.78 is 0. The molecule has 0 radical (unpaired) electrons. The summed E-state index contributed by atoms with van der Waals surface area (Å²) in [5.74, 6) is -0.868. The molecule has 0 fully saturated rings. The number of hydrogen-bond acceptors (Lipinski definition) is 2. The highest BCUT2D eigenvalue weighted by Crippen LogP contribution is 2.18. The Hall–Kier alpha value is -0.830. The molecule has 0 aromatic carbocycles. The number of carboxylic acids is 1. The smallest absolute Gasteiger partial charge is 0.321 e. The lowest BCUT2D eigenvalue weighted by Gasteiger charge is -2.18. The first kappa shape index (κ1) is 10.3. The first-order chi connectivity index (χ1) is 6.22. The van der Waals surface area contributed by atoms with Crippen LogP contribution in [-0.4, -0.2) is 17.1 Å². The minimum Gasteiger partial charge on any atom is -0.480 e. The molecule has 0 amide bonds. The van der Waals surface area contributed by atoms with Crippen molar-refractivity contribution in [3.63, 3.8) is 0 Å². The van der Waals surface area contributed by atoms with E-state index in [2.05, 4.69) is 6.08 Å². The van der Waals surface area contributed by atoms with Gasteiger partial charge in [-0.2, -0.15) is 0 Å². The molecule has 1 unspecified atom stereocenters. The van der Waals surface area contributed by atoms with Crippen molar-refractivity contribution >= 4 is 5.97 Å².